The second-order valence-electron chi connectivity index (χ2n) is 8.93. The first kappa shape index (κ1) is 26.9. The van der Waals surface area contributed by atoms with Crippen molar-refractivity contribution in [3.8, 4) is 0 Å². The van der Waals surface area contributed by atoms with Crippen molar-refractivity contribution in [1.29, 1.82) is 0 Å². The van der Waals surface area contributed by atoms with Crippen LogP contribution in [0.3, 0.4) is 0 Å². The van der Waals surface area contributed by atoms with E-state index in [9.17, 15) is 40.0 Å². The summed E-state index contributed by atoms with van der Waals surface area (Å²) in [7, 11) is -4.21. The van der Waals surface area contributed by atoms with Crippen LogP contribution in [0.5, 0.6) is 0 Å². The van der Waals surface area contributed by atoms with E-state index in [-0.39, 0.29) is 23.5 Å². The summed E-state index contributed by atoms with van der Waals surface area (Å²) in [5, 5.41) is 2.61. The van der Waals surface area contributed by atoms with Crippen molar-refractivity contribution >= 4 is 21.8 Å². The highest BCUT2D eigenvalue weighted by atomic mass is 32.2. The molecule has 3 heterocycles. The molecule has 2 aliphatic heterocycles. The van der Waals surface area contributed by atoms with Gasteiger partial charge in [0.05, 0.1) is 18.0 Å². The largest absolute Gasteiger partial charge is 0.433 e. The lowest BCUT2D eigenvalue weighted by Crippen LogP contribution is -2.58. The molecule has 2 fully saturated rings. The predicted molar refractivity (Wildman–Crippen MR) is 120 cm³/mol. The fraction of sp³-hybridized carbons (Fsp3) is 0.435. The molecule has 14 heteroatoms. The lowest BCUT2D eigenvalue weighted by molar-refractivity contribution is -0.141. The highest BCUT2D eigenvalue weighted by molar-refractivity contribution is 7.89. The van der Waals surface area contributed by atoms with Gasteiger partial charge < -0.3 is 10.2 Å². The molecule has 1 aromatic heterocycles. The molecule has 1 atom stereocenters. The van der Waals surface area contributed by atoms with Crippen molar-refractivity contribution in [3.05, 3.63) is 59.4 Å². The number of hydrogen-bond donors (Lipinski definition) is 1. The van der Waals surface area contributed by atoms with E-state index in [4.69, 9.17) is 0 Å². The molecule has 0 radical (unpaired) electrons. The zero-order chi connectivity index (χ0) is 27.0. The van der Waals surface area contributed by atoms with Crippen LogP contribution in [0.15, 0.2) is 47.5 Å². The number of aromatic nitrogens is 1. The lowest BCUT2D eigenvalue weighted by atomic mass is 10.00. The van der Waals surface area contributed by atoms with Gasteiger partial charge in [-0.1, -0.05) is 12.1 Å². The summed E-state index contributed by atoms with van der Waals surface area (Å²) < 4.78 is 90.4. The number of likely N-dealkylation sites (tertiary alicyclic amines) is 1. The van der Waals surface area contributed by atoms with Crippen LogP contribution in [-0.2, 0) is 27.5 Å². The van der Waals surface area contributed by atoms with E-state index < -0.39 is 58.8 Å². The Balaban J connectivity index is 1.45. The van der Waals surface area contributed by atoms with E-state index in [0.717, 1.165) is 18.3 Å². The van der Waals surface area contributed by atoms with Gasteiger partial charge in [-0.05, 0) is 49.1 Å². The number of rotatable bonds is 6. The molecule has 1 aromatic carbocycles. The summed E-state index contributed by atoms with van der Waals surface area (Å²) in [6.07, 6.45) is -1.97. The van der Waals surface area contributed by atoms with Crippen LogP contribution in [0.2, 0.25) is 0 Å². The Hall–Kier alpha value is -3.13. The zero-order valence-electron chi connectivity index (χ0n) is 19.3. The summed E-state index contributed by atoms with van der Waals surface area (Å²) in [5.41, 5.74) is -0.733. The molecule has 2 aromatic rings. The number of alkyl halides is 5. The second kappa shape index (κ2) is 9.97. The number of halogens is 5. The third kappa shape index (κ3) is 5.90. The van der Waals surface area contributed by atoms with Crippen molar-refractivity contribution in [3.63, 3.8) is 0 Å². The maximum Gasteiger partial charge on any atom is 0.433 e. The first-order valence-electron chi connectivity index (χ1n) is 11.4. The van der Waals surface area contributed by atoms with Gasteiger partial charge in [-0.25, -0.2) is 17.2 Å². The third-order valence-corrected chi connectivity index (χ3v) is 7.97. The monoisotopic (exact) mass is 546 g/mol. The molecule has 0 saturated carbocycles. The van der Waals surface area contributed by atoms with E-state index in [1.54, 1.807) is 0 Å². The number of amides is 2. The molecule has 2 amide bonds. The molecule has 0 unspecified atom stereocenters. The summed E-state index contributed by atoms with van der Waals surface area (Å²) in [6, 6.07) is 6.14. The van der Waals surface area contributed by atoms with Gasteiger partial charge in [-0.3, -0.25) is 14.6 Å². The maximum atomic E-state index is 13.3. The fourth-order valence-electron chi connectivity index (χ4n) is 4.20. The van der Waals surface area contributed by atoms with Crippen LogP contribution in [0.1, 0.15) is 40.9 Å². The normalized spacial score (nSPS) is 20.2. The number of nitrogens with one attached hydrogen (secondary N) is 1. The van der Waals surface area contributed by atoms with E-state index >= 15 is 0 Å². The van der Waals surface area contributed by atoms with Crippen molar-refractivity contribution in [2.24, 2.45) is 0 Å². The molecular weight excluding hydrogens is 523 g/mol. The minimum Gasteiger partial charge on any atom is -0.350 e. The quantitative estimate of drug-likeness (QED) is 0.562. The topological polar surface area (TPSA) is 99.7 Å². The molecule has 8 nitrogen and oxygen atoms in total. The fourth-order valence-corrected chi connectivity index (χ4v) is 5.74. The third-order valence-electron chi connectivity index (χ3n) is 6.18. The molecular formula is C23H23F5N4O4S. The van der Waals surface area contributed by atoms with Crippen LogP contribution in [0, 0.1) is 0 Å². The molecule has 2 saturated heterocycles. The Morgan fingerprint density at radius 1 is 1.11 bits per heavy atom. The second-order valence-corrected chi connectivity index (χ2v) is 10.9. The number of sulfonamides is 1. The van der Waals surface area contributed by atoms with Gasteiger partial charge in [-0.2, -0.15) is 17.5 Å². The van der Waals surface area contributed by atoms with Crippen LogP contribution in [0.4, 0.5) is 22.0 Å². The Kier molecular flexibility index (Phi) is 7.25. The predicted octanol–water partition coefficient (Wildman–Crippen LogP) is 3.05. The summed E-state index contributed by atoms with van der Waals surface area (Å²) in [6.45, 7) is -1.74. The number of hydrogen-bond acceptors (Lipinski definition) is 5. The van der Waals surface area contributed by atoms with E-state index in [0.29, 0.717) is 29.1 Å². The first-order valence-corrected chi connectivity index (χ1v) is 12.8. The van der Waals surface area contributed by atoms with E-state index in [2.05, 4.69) is 10.3 Å². The molecule has 0 aliphatic carbocycles. The molecule has 200 valence electrons. The highest BCUT2D eigenvalue weighted by Gasteiger charge is 2.50. The van der Waals surface area contributed by atoms with Crippen molar-refractivity contribution in [1.82, 2.24) is 19.5 Å². The van der Waals surface area contributed by atoms with Crippen LogP contribution in [-0.4, -0.2) is 66.0 Å². The number of carbonyl (C=O) groups is 2. The summed E-state index contributed by atoms with van der Waals surface area (Å²) in [5.74, 6) is -4.20. The number of benzene rings is 1. The van der Waals surface area contributed by atoms with Gasteiger partial charge in [0.25, 0.3) is 11.8 Å². The Bertz CT molecular complexity index is 1280. The lowest BCUT2D eigenvalue weighted by Gasteiger charge is -2.37. The minimum absolute atomic E-state index is 0.0139. The molecule has 4 rings (SSSR count). The Morgan fingerprint density at radius 2 is 1.84 bits per heavy atom. The highest BCUT2D eigenvalue weighted by Crippen LogP contribution is 2.32. The van der Waals surface area contributed by atoms with Crippen LogP contribution in [0.25, 0.3) is 0 Å². The number of piperidine rings is 1. The number of pyridine rings is 1. The molecule has 1 N–H and O–H groups in total. The van der Waals surface area contributed by atoms with Crippen molar-refractivity contribution in [2.75, 3.05) is 19.6 Å². The minimum atomic E-state index is -4.58. The maximum absolute atomic E-state index is 13.3. The standard InChI is InChI=1S/C23H23F5N4O4S/c24-22(25)13-31(14-22)37(35,36)17-5-3-4-16(10-17)21(34)32-9-2-1-6-18(32)20(33)30-12-15-7-8-19(29-11-15)23(26,27)28/h3-5,7-8,10-11,18H,1-2,6,9,12-14H2,(H,30,33)/t18-/m1/s1. The number of carbonyl (C=O) groups excluding carboxylic acids is 2. The molecule has 2 aliphatic rings. The van der Waals surface area contributed by atoms with Gasteiger partial charge in [0.15, 0.2) is 0 Å². The van der Waals surface area contributed by atoms with Crippen molar-refractivity contribution in [2.45, 2.75) is 48.8 Å². The average molecular weight is 547 g/mol. The Morgan fingerprint density at radius 3 is 2.46 bits per heavy atom. The van der Waals surface area contributed by atoms with E-state index in [1.165, 1.54) is 29.2 Å². The van der Waals surface area contributed by atoms with E-state index in [1.807, 2.05) is 0 Å². The Labute approximate surface area is 209 Å². The molecule has 0 spiro atoms. The summed E-state index contributed by atoms with van der Waals surface area (Å²) >= 11 is 0. The van der Waals surface area contributed by atoms with Crippen LogP contribution >= 0.6 is 0 Å². The van der Waals surface area contributed by atoms with Crippen LogP contribution < -0.4 is 5.32 Å². The SMILES string of the molecule is O=C(NCc1ccc(C(F)(F)F)nc1)[C@H]1CCCCN1C(=O)c1cccc(S(=O)(=O)N2CC(F)(F)C2)c1. The van der Waals surface area contributed by atoms with Gasteiger partial charge in [0.1, 0.15) is 11.7 Å². The number of nitrogens with zero attached hydrogens (tertiary/aromatic N) is 3. The summed E-state index contributed by atoms with van der Waals surface area (Å²) in [4.78, 5) is 30.5. The van der Waals surface area contributed by atoms with Gasteiger partial charge in [0, 0.05) is 24.8 Å². The first-order chi connectivity index (χ1) is 17.3. The average Bonchev–Trinajstić information content (AvgIpc) is 2.85. The smallest absolute Gasteiger partial charge is 0.350 e. The van der Waals surface area contributed by atoms with Gasteiger partial charge in [-0.15, -0.1) is 0 Å². The van der Waals surface area contributed by atoms with Crippen molar-refractivity contribution < 1.29 is 40.0 Å². The zero-order valence-corrected chi connectivity index (χ0v) is 20.2. The van der Waals surface area contributed by atoms with Gasteiger partial charge in [0.2, 0.25) is 15.9 Å². The van der Waals surface area contributed by atoms with Gasteiger partial charge >= 0.3 is 6.18 Å². The molecule has 0 bridgehead atoms. The molecule has 37 heavy (non-hydrogen) atoms.